The lowest BCUT2D eigenvalue weighted by atomic mass is 10.0. The van der Waals surface area contributed by atoms with Gasteiger partial charge in [-0.25, -0.2) is 9.97 Å². The SMILES string of the molecule is Cc1ccc(-c2cc(=NNc3[nH]c4ccccc4[nH+]3)c3c(C)cc(C)cc3o2)cc1. The number of para-hydroxylation sites is 2. The fourth-order valence-corrected chi connectivity index (χ4v) is 3.80. The van der Waals surface area contributed by atoms with Crippen molar-refractivity contribution in [2.24, 2.45) is 5.10 Å². The monoisotopic (exact) mass is 395 g/mol. The highest BCUT2D eigenvalue weighted by Gasteiger charge is 2.11. The Morgan fingerprint density at radius 1 is 0.900 bits per heavy atom. The third kappa shape index (κ3) is 3.35. The van der Waals surface area contributed by atoms with Crippen LogP contribution in [0.4, 0.5) is 5.95 Å². The highest BCUT2D eigenvalue weighted by molar-refractivity contribution is 5.82. The molecule has 0 radical (unpaired) electrons. The zero-order valence-corrected chi connectivity index (χ0v) is 17.2. The van der Waals surface area contributed by atoms with E-state index < -0.39 is 0 Å². The van der Waals surface area contributed by atoms with E-state index in [1.165, 1.54) is 5.56 Å². The van der Waals surface area contributed by atoms with E-state index in [9.17, 15) is 0 Å². The first-order valence-electron chi connectivity index (χ1n) is 9.99. The summed E-state index contributed by atoms with van der Waals surface area (Å²) >= 11 is 0. The maximum absolute atomic E-state index is 6.29. The Balaban J connectivity index is 1.68. The van der Waals surface area contributed by atoms with Crippen molar-refractivity contribution in [2.45, 2.75) is 20.8 Å². The van der Waals surface area contributed by atoms with E-state index in [1.54, 1.807) is 0 Å². The Kier molecular flexibility index (Phi) is 4.36. The van der Waals surface area contributed by atoms with Crippen LogP contribution in [0, 0.1) is 20.8 Å². The second-order valence-corrected chi connectivity index (χ2v) is 7.71. The standard InChI is InChI=1S/C25H22N4O/c1-15-8-10-18(11-9-15)22-14-21(24-17(3)12-16(2)13-23(24)30-22)28-29-25-26-19-6-4-5-7-20(19)27-25/h4-14H,1-3H3,(H2,26,27,29)/p+1. The van der Waals surface area contributed by atoms with E-state index in [0.717, 1.165) is 55.8 Å². The van der Waals surface area contributed by atoms with Crippen molar-refractivity contribution >= 4 is 28.0 Å². The third-order valence-corrected chi connectivity index (χ3v) is 5.26. The smallest absolute Gasteiger partial charge is 0.377 e. The molecule has 0 spiro atoms. The van der Waals surface area contributed by atoms with Gasteiger partial charge in [-0.05, 0) is 50.1 Å². The van der Waals surface area contributed by atoms with E-state index in [1.807, 2.05) is 30.3 Å². The van der Waals surface area contributed by atoms with Crippen molar-refractivity contribution in [1.82, 2.24) is 4.98 Å². The van der Waals surface area contributed by atoms with Gasteiger partial charge >= 0.3 is 5.95 Å². The molecular formula is C25H23N4O+. The highest BCUT2D eigenvalue weighted by atomic mass is 16.3. The van der Waals surface area contributed by atoms with Crippen LogP contribution in [-0.4, -0.2) is 4.98 Å². The molecule has 0 aliphatic heterocycles. The molecule has 2 aromatic heterocycles. The van der Waals surface area contributed by atoms with E-state index in [2.05, 4.69) is 72.6 Å². The summed E-state index contributed by atoms with van der Waals surface area (Å²) in [4.78, 5) is 6.61. The third-order valence-electron chi connectivity index (χ3n) is 5.26. The lowest BCUT2D eigenvalue weighted by Crippen LogP contribution is -2.12. The number of aromatic amines is 2. The quantitative estimate of drug-likeness (QED) is 0.410. The molecule has 2 heterocycles. The molecule has 5 heteroatoms. The number of aromatic nitrogens is 2. The zero-order chi connectivity index (χ0) is 20.7. The summed E-state index contributed by atoms with van der Waals surface area (Å²) in [6.45, 7) is 6.25. The molecule has 0 saturated heterocycles. The van der Waals surface area contributed by atoms with Crippen LogP contribution in [0.5, 0.6) is 0 Å². The van der Waals surface area contributed by atoms with Gasteiger partial charge in [0.15, 0.2) is 0 Å². The topological polar surface area (TPSA) is 67.5 Å². The minimum absolute atomic E-state index is 0.729. The molecule has 30 heavy (non-hydrogen) atoms. The molecule has 0 aliphatic carbocycles. The number of H-pyrrole nitrogens is 2. The van der Waals surface area contributed by atoms with Gasteiger partial charge in [-0.3, -0.25) is 0 Å². The first kappa shape index (κ1) is 18.2. The van der Waals surface area contributed by atoms with E-state index in [-0.39, 0.29) is 0 Å². The molecule has 3 aromatic carbocycles. The lowest BCUT2D eigenvalue weighted by Gasteiger charge is -2.08. The van der Waals surface area contributed by atoms with Crippen LogP contribution in [0.2, 0.25) is 0 Å². The number of fused-ring (bicyclic) bond motifs is 2. The molecule has 148 valence electrons. The van der Waals surface area contributed by atoms with Crippen LogP contribution in [-0.2, 0) is 0 Å². The summed E-state index contributed by atoms with van der Waals surface area (Å²) in [5.41, 5.74) is 10.5. The first-order chi connectivity index (χ1) is 14.6. The summed E-state index contributed by atoms with van der Waals surface area (Å²) in [5, 5.41) is 6.55. The second kappa shape index (κ2) is 7.19. The summed E-state index contributed by atoms with van der Waals surface area (Å²) in [7, 11) is 0. The van der Waals surface area contributed by atoms with Gasteiger partial charge in [-0.2, -0.15) is 5.43 Å². The number of aryl methyl sites for hydroxylation is 3. The van der Waals surface area contributed by atoms with Crippen molar-refractivity contribution in [3.8, 4) is 11.3 Å². The largest absolute Gasteiger partial charge is 0.456 e. The molecule has 5 nitrogen and oxygen atoms in total. The van der Waals surface area contributed by atoms with Crippen LogP contribution >= 0.6 is 0 Å². The Morgan fingerprint density at radius 3 is 2.50 bits per heavy atom. The predicted octanol–water partition coefficient (Wildman–Crippen LogP) is 5.25. The minimum atomic E-state index is 0.729. The van der Waals surface area contributed by atoms with Crippen molar-refractivity contribution in [1.29, 1.82) is 0 Å². The van der Waals surface area contributed by atoms with Crippen molar-refractivity contribution in [3.63, 3.8) is 0 Å². The molecule has 0 unspecified atom stereocenters. The van der Waals surface area contributed by atoms with Crippen LogP contribution < -0.4 is 15.8 Å². The van der Waals surface area contributed by atoms with Gasteiger partial charge in [0.05, 0.1) is 0 Å². The number of hydrogen-bond donors (Lipinski definition) is 2. The molecule has 0 fully saturated rings. The Hall–Kier alpha value is -3.86. The lowest BCUT2D eigenvalue weighted by molar-refractivity contribution is -0.326. The van der Waals surface area contributed by atoms with Crippen molar-refractivity contribution in [2.75, 3.05) is 5.43 Å². The van der Waals surface area contributed by atoms with E-state index in [4.69, 9.17) is 9.52 Å². The van der Waals surface area contributed by atoms with Crippen molar-refractivity contribution < 1.29 is 9.40 Å². The summed E-state index contributed by atoms with van der Waals surface area (Å²) in [6, 6.07) is 22.6. The van der Waals surface area contributed by atoms with Crippen LogP contribution in [0.15, 0.2) is 76.2 Å². The maximum atomic E-state index is 6.29. The summed E-state index contributed by atoms with van der Waals surface area (Å²) < 4.78 is 6.29. The van der Waals surface area contributed by atoms with Crippen molar-refractivity contribution in [3.05, 3.63) is 88.8 Å². The number of anilines is 1. The van der Waals surface area contributed by atoms with Gasteiger partial charge in [0.1, 0.15) is 27.7 Å². The van der Waals surface area contributed by atoms with Gasteiger partial charge in [0.25, 0.3) is 0 Å². The Bertz CT molecular complexity index is 1410. The summed E-state index contributed by atoms with van der Waals surface area (Å²) in [5.74, 6) is 1.51. The first-order valence-corrected chi connectivity index (χ1v) is 9.99. The number of benzene rings is 3. The minimum Gasteiger partial charge on any atom is -0.456 e. The normalized spacial score (nSPS) is 12.0. The number of nitrogens with one attached hydrogen (secondary N) is 3. The van der Waals surface area contributed by atoms with Gasteiger partial charge in [0.2, 0.25) is 0 Å². The second-order valence-electron chi connectivity index (χ2n) is 7.71. The van der Waals surface area contributed by atoms with Crippen LogP contribution in [0.1, 0.15) is 16.7 Å². The fraction of sp³-hybridized carbons (Fsp3) is 0.120. The average Bonchev–Trinajstić information content (AvgIpc) is 3.15. The maximum Gasteiger partial charge on any atom is 0.377 e. The van der Waals surface area contributed by atoms with Gasteiger partial charge in [-0.15, -0.1) is 5.10 Å². The molecule has 0 aliphatic rings. The zero-order valence-electron chi connectivity index (χ0n) is 17.2. The molecule has 5 aromatic rings. The molecule has 3 N–H and O–H groups in total. The molecule has 5 rings (SSSR count). The molecular weight excluding hydrogens is 372 g/mol. The molecule has 0 saturated carbocycles. The van der Waals surface area contributed by atoms with Gasteiger partial charge < -0.3 is 4.42 Å². The highest BCUT2D eigenvalue weighted by Crippen LogP contribution is 2.25. The molecule has 0 bridgehead atoms. The average molecular weight is 395 g/mol. The number of hydrogen-bond acceptors (Lipinski definition) is 3. The summed E-state index contributed by atoms with van der Waals surface area (Å²) in [6.07, 6.45) is 0. The predicted molar refractivity (Wildman–Crippen MR) is 120 cm³/mol. The van der Waals surface area contributed by atoms with E-state index in [0.29, 0.717) is 0 Å². The number of rotatable bonds is 3. The molecule has 0 amide bonds. The van der Waals surface area contributed by atoms with Crippen LogP contribution in [0.3, 0.4) is 0 Å². The van der Waals surface area contributed by atoms with Gasteiger partial charge in [0, 0.05) is 17.0 Å². The Labute approximate surface area is 174 Å². The van der Waals surface area contributed by atoms with E-state index >= 15 is 0 Å². The fourth-order valence-electron chi connectivity index (χ4n) is 3.80. The van der Waals surface area contributed by atoms with Crippen LogP contribution in [0.25, 0.3) is 33.3 Å². The molecule has 0 atom stereocenters. The number of nitrogens with zero attached hydrogens (tertiary/aromatic N) is 1. The Morgan fingerprint density at radius 2 is 1.70 bits per heavy atom. The number of imidazole rings is 1. The van der Waals surface area contributed by atoms with Gasteiger partial charge in [-0.1, -0.05) is 48.0 Å².